The lowest BCUT2D eigenvalue weighted by Gasteiger charge is -2.17. The maximum absolute atomic E-state index is 12.5. The smallest absolute Gasteiger partial charge is 0.427 e. The Labute approximate surface area is 87.8 Å². The molecule has 1 radical (unpaired) electrons. The third-order valence-corrected chi connectivity index (χ3v) is 1.63. The highest BCUT2D eigenvalue weighted by Crippen LogP contribution is 2.29. The van der Waals surface area contributed by atoms with Crippen molar-refractivity contribution in [3.63, 3.8) is 0 Å². The van der Waals surface area contributed by atoms with Crippen LogP contribution in [0.1, 0.15) is 10.4 Å². The van der Waals surface area contributed by atoms with E-state index in [1.165, 1.54) is 12.1 Å². The molecule has 0 aliphatic carbocycles. The highest BCUT2D eigenvalue weighted by molar-refractivity contribution is 5.95. The lowest BCUT2D eigenvalue weighted by molar-refractivity contribution is -0.253. The van der Waals surface area contributed by atoms with E-state index in [1.807, 2.05) is 0 Å². The molecule has 7 heteroatoms. The topological polar surface area (TPSA) is 50.1 Å². The third-order valence-electron chi connectivity index (χ3n) is 1.63. The zero-order chi connectivity index (χ0) is 12.3. The summed E-state index contributed by atoms with van der Waals surface area (Å²) in [6, 6.07) is 4.47. The zero-order valence-electron chi connectivity index (χ0n) is 7.72. The second kappa shape index (κ2) is 4.38. The number of alkyl halides is 4. The molecule has 16 heavy (non-hydrogen) atoms. The first-order valence-electron chi connectivity index (χ1n) is 4.04. The molecule has 0 spiro atoms. The number of carbonyl (C=O) groups excluding carboxylic acids is 1. The lowest BCUT2D eigenvalue weighted by atomic mass is 10.2. The molecule has 1 aromatic rings. The van der Waals surface area contributed by atoms with Crippen molar-refractivity contribution in [2.75, 3.05) is 0 Å². The average molecular weight is 236 g/mol. The zero-order valence-corrected chi connectivity index (χ0v) is 7.72. The Morgan fingerprint density at radius 3 is 2.38 bits per heavy atom. The van der Waals surface area contributed by atoms with E-state index < -0.39 is 29.8 Å². The van der Waals surface area contributed by atoms with Crippen molar-refractivity contribution in [3.05, 3.63) is 29.8 Å². The number of para-hydroxylation sites is 1. The van der Waals surface area contributed by atoms with E-state index in [9.17, 15) is 22.4 Å². The largest absolute Gasteiger partial charge is 0.461 e. The Morgan fingerprint density at radius 2 is 1.88 bits per heavy atom. The Morgan fingerprint density at radius 1 is 1.31 bits per heavy atom. The van der Waals surface area contributed by atoms with E-state index in [2.05, 4.69) is 4.74 Å². The maximum atomic E-state index is 12.5. The Hall–Kier alpha value is -1.79. The van der Waals surface area contributed by atoms with Crippen LogP contribution in [0.4, 0.5) is 17.6 Å². The van der Waals surface area contributed by atoms with Gasteiger partial charge in [0.1, 0.15) is 5.75 Å². The number of hydrogen-bond acceptors (Lipinski definition) is 2. The molecule has 87 valence electrons. The second-order valence-corrected chi connectivity index (χ2v) is 2.79. The standard InChI is InChI=1S/C9H6F4NO2/c10-8(11)9(12,13)16-6-4-2-1-3-5(6)7(14)15/h1-4,8,14H. The fraction of sp³-hybridized carbons (Fsp3) is 0.222. The molecular weight excluding hydrogens is 230 g/mol. The van der Waals surface area contributed by atoms with Gasteiger partial charge in [-0.3, -0.25) is 10.5 Å². The molecule has 0 atom stereocenters. The summed E-state index contributed by atoms with van der Waals surface area (Å²) in [4.78, 5) is 10.7. The van der Waals surface area contributed by atoms with Crippen molar-refractivity contribution >= 4 is 5.91 Å². The van der Waals surface area contributed by atoms with Gasteiger partial charge in [-0.2, -0.15) is 17.6 Å². The summed E-state index contributed by atoms with van der Waals surface area (Å²) < 4.78 is 52.4. The minimum atomic E-state index is -4.69. The molecule has 0 heterocycles. The van der Waals surface area contributed by atoms with Gasteiger partial charge in [0, 0.05) is 0 Å². The van der Waals surface area contributed by atoms with Gasteiger partial charge in [-0.05, 0) is 12.1 Å². The SMILES string of the molecule is [NH]C(=O)c1ccccc1OC(F)(F)C(F)F. The van der Waals surface area contributed by atoms with Crippen LogP contribution < -0.4 is 10.5 Å². The fourth-order valence-corrected chi connectivity index (χ4v) is 0.934. The first-order valence-corrected chi connectivity index (χ1v) is 4.04. The van der Waals surface area contributed by atoms with Crippen molar-refractivity contribution in [1.82, 2.24) is 5.73 Å². The monoisotopic (exact) mass is 236 g/mol. The van der Waals surface area contributed by atoms with Gasteiger partial charge < -0.3 is 4.74 Å². The summed E-state index contributed by atoms with van der Waals surface area (Å²) >= 11 is 0. The molecule has 0 fully saturated rings. The second-order valence-electron chi connectivity index (χ2n) is 2.79. The van der Waals surface area contributed by atoms with Crippen LogP contribution in [0.25, 0.3) is 0 Å². The van der Waals surface area contributed by atoms with E-state index >= 15 is 0 Å². The summed E-state index contributed by atoms with van der Waals surface area (Å²) in [6.07, 6.45) is -8.70. The van der Waals surface area contributed by atoms with Crippen LogP contribution in [-0.4, -0.2) is 18.4 Å². The molecule has 0 saturated carbocycles. The van der Waals surface area contributed by atoms with Crippen molar-refractivity contribution in [2.45, 2.75) is 12.5 Å². The van der Waals surface area contributed by atoms with Crippen molar-refractivity contribution < 1.29 is 27.1 Å². The molecular formula is C9H6F4NO2. The number of benzene rings is 1. The van der Waals surface area contributed by atoms with Crippen LogP contribution in [0.5, 0.6) is 5.75 Å². The summed E-state index contributed by atoms with van der Waals surface area (Å²) in [5.74, 6) is -2.03. The molecule has 1 aromatic carbocycles. The van der Waals surface area contributed by atoms with E-state index in [0.717, 1.165) is 12.1 Å². The first kappa shape index (κ1) is 12.3. The van der Waals surface area contributed by atoms with Gasteiger partial charge in [0.15, 0.2) is 0 Å². The predicted molar refractivity (Wildman–Crippen MR) is 45.4 cm³/mol. The minimum Gasteiger partial charge on any atom is -0.427 e. The molecule has 3 nitrogen and oxygen atoms in total. The number of carbonyl (C=O) groups is 1. The van der Waals surface area contributed by atoms with Gasteiger partial charge in [-0.15, -0.1) is 0 Å². The number of ether oxygens (including phenoxy) is 1. The Bertz CT molecular complexity index is 395. The molecule has 0 aliphatic rings. The molecule has 1 rings (SSSR count). The molecule has 1 N–H and O–H groups in total. The first-order chi connectivity index (χ1) is 7.34. The molecule has 0 aliphatic heterocycles. The van der Waals surface area contributed by atoms with Gasteiger partial charge in [0.25, 0.3) is 5.91 Å². The van der Waals surface area contributed by atoms with Crippen molar-refractivity contribution in [2.24, 2.45) is 0 Å². The van der Waals surface area contributed by atoms with Gasteiger partial charge in [-0.25, -0.2) is 0 Å². The quantitative estimate of drug-likeness (QED) is 0.753. The molecule has 0 bridgehead atoms. The van der Waals surface area contributed by atoms with Gasteiger partial charge in [0.2, 0.25) is 0 Å². The van der Waals surface area contributed by atoms with Gasteiger partial charge in [0.05, 0.1) is 5.56 Å². The van der Waals surface area contributed by atoms with Gasteiger partial charge >= 0.3 is 12.5 Å². The molecule has 0 unspecified atom stereocenters. The predicted octanol–water partition coefficient (Wildman–Crippen LogP) is 2.35. The van der Waals surface area contributed by atoms with Crippen LogP contribution in [0.15, 0.2) is 24.3 Å². The molecule has 0 aromatic heterocycles. The summed E-state index contributed by atoms with van der Waals surface area (Å²) in [7, 11) is 0. The van der Waals surface area contributed by atoms with E-state index in [1.54, 1.807) is 0 Å². The van der Waals surface area contributed by atoms with E-state index in [0.29, 0.717) is 0 Å². The van der Waals surface area contributed by atoms with Crippen LogP contribution in [0, 0.1) is 0 Å². The van der Waals surface area contributed by atoms with Crippen molar-refractivity contribution in [3.8, 4) is 5.75 Å². The van der Waals surface area contributed by atoms with Gasteiger partial charge in [-0.1, -0.05) is 12.1 Å². The van der Waals surface area contributed by atoms with Crippen LogP contribution in [-0.2, 0) is 0 Å². The number of hydrogen-bond donors (Lipinski definition) is 0. The maximum Gasteiger partial charge on any atom is 0.461 e. The molecule has 0 saturated heterocycles. The number of halogens is 4. The number of amides is 1. The number of rotatable bonds is 4. The van der Waals surface area contributed by atoms with Crippen LogP contribution in [0.3, 0.4) is 0 Å². The number of nitrogens with one attached hydrogen (secondary N) is 1. The summed E-state index contributed by atoms with van der Waals surface area (Å²) in [6.45, 7) is 0. The Balaban J connectivity index is 3.02. The van der Waals surface area contributed by atoms with Crippen molar-refractivity contribution in [1.29, 1.82) is 0 Å². The van der Waals surface area contributed by atoms with Crippen LogP contribution >= 0.6 is 0 Å². The average Bonchev–Trinajstić information content (AvgIpc) is 2.17. The summed E-state index contributed by atoms with van der Waals surface area (Å²) in [5, 5.41) is 0. The third kappa shape index (κ3) is 2.62. The lowest BCUT2D eigenvalue weighted by Crippen LogP contribution is -2.34. The van der Waals surface area contributed by atoms with E-state index in [4.69, 9.17) is 5.73 Å². The molecule has 1 amide bonds. The normalized spacial score (nSPS) is 11.6. The van der Waals surface area contributed by atoms with E-state index in [-0.39, 0.29) is 0 Å². The fourth-order valence-electron chi connectivity index (χ4n) is 0.934. The summed E-state index contributed by atoms with van der Waals surface area (Å²) in [5.41, 5.74) is 6.23. The highest BCUT2D eigenvalue weighted by atomic mass is 19.3. The minimum absolute atomic E-state index is 0.497. The van der Waals surface area contributed by atoms with Crippen LogP contribution in [0.2, 0.25) is 0 Å². The highest BCUT2D eigenvalue weighted by Gasteiger charge is 2.44. The Kier molecular flexibility index (Phi) is 3.36.